The molecule has 2 unspecified atom stereocenters. The van der Waals surface area contributed by atoms with E-state index in [0.29, 0.717) is 5.92 Å². The molecule has 0 aliphatic heterocycles. The summed E-state index contributed by atoms with van der Waals surface area (Å²) in [5, 5.41) is 10.5. The highest BCUT2D eigenvalue weighted by atomic mass is 16.3. The standard InChI is InChI=1S/C16H16O/c1-16(17)11-14(12-7-3-2-4-8-12)13-9-5-6-10-15(13)16/h2-10,14,17H,11H2,1H3. The van der Waals surface area contributed by atoms with Gasteiger partial charge in [0, 0.05) is 5.92 Å². The number of hydrogen-bond acceptors (Lipinski definition) is 1. The minimum Gasteiger partial charge on any atom is -0.385 e. The van der Waals surface area contributed by atoms with E-state index in [-0.39, 0.29) is 0 Å². The Labute approximate surface area is 102 Å². The zero-order chi connectivity index (χ0) is 11.9. The van der Waals surface area contributed by atoms with Crippen molar-refractivity contribution in [1.29, 1.82) is 0 Å². The fraction of sp³-hybridized carbons (Fsp3) is 0.250. The van der Waals surface area contributed by atoms with Gasteiger partial charge < -0.3 is 5.11 Å². The maximum atomic E-state index is 10.5. The van der Waals surface area contributed by atoms with Crippen molar-refractivity contribution < 1.29 is 5.11 Å². The molecule has 0 radical (unpaired) electrons. The van der Waals surface area contributed by atoms with Crippen LogP contribution in [0.3, 0.4) is 0 Å². The lowest BCUT2D eigenvalue weighted by molar-refractivity contribution is 0.0564. The van der Waals surface area contributed by atoms with Gasteiger partial charge in [0.05, 0.1) is 5.60 Å². The fourth-order valence-electron chi connectivity index (χ4n) is 2.89. The molecule has 3 rings (SSSR count). The van der Waals surface area contributed by atoms with E-state index < -0.39 is 5.60 Å². The van der Waals surface area contributed by atoms with E-state index in [9.17, 15) is 5.11 Å². The van der Waals surface area contributed by atoms with Crippen LogP contribution in [0.25, 0.3) is 0 Å². The predicted octanol–water partition coefficient (Wildman–Crippen LogP) is 3.43. The van der Waals surface area contributed by atoms with Crippen molar-refractivity contribution in [3.05, 3.63) is 71.3 Å². The predicted molar refractivity (Wildman–Crippen MR) is 68.9 cm³/mol. The minimum atomic E-state index is -0.697. The highest BCUT2D eigenvalue weighted by Crippen LogP contribution is 2.47. The van der Waals surface area contributed by atoms with Crippen molar-refractivity contribution in [2.24, 2.45) is 0 Å². The number of benzene rings is 2. The largest absolute Gasteiger partial charge is 0.385 e. The van der Waals surface area contributed by atoms with Crippen LogP contribution in [-0.4, -0.2) is 5.11 Å². The van der Waals surface area contributed by atoms with Crippen molar-refractivity contribution in [1.82, 2.24) is 0 Å². The zero-order valence-corrected chi connectivity index (χ0v) is 9.93. The average molecular weight is 224 g/mol. The second kappa shape index (κ2) is 3.71. The van der Waals surface area contributed by atoms with Crippen LogP contribution in [0.5, 0.6) is 0 Å². The molecule has 2 aromatic carbocycles. The van der Waals surface area contributed by atoms with Crippen LogP contribution in [-0.2, 0) is 5.60 Å². The third kappa shape index (κ3) is 1.67. The lowest BCUT2D eigenvalue weighted by Gasteiger charge is -2.18. The van der Waals surface area contributed by atoms with Crippen molar-refractivity contribution >= 4 is 0 Å². The molecule has 86 valence electrons. The summed E-state index contributed by atoms with van der Waals surface area (Å²) in [4.78, 5) is 0. The van der Waals surface area contributed by atoms with Crippen molar-refractivity contribution in [3.63, 3.8) is 0 Å². The topological polar surface area (TPSA) is 20.2 Å². The third-order valence-electron chi connectivity index (χ3n) is 3.72. The molecule has 2 atom stereocenters. The molecule has 17 heavy (non-hydrogen) atoms. The van der Waals surface area contributed by atoms with Crippen LogP contribution in [0.2, 0.25) is 0 Å². The third-order valence-corrected chi connectivity index (χ3v) is 3.72. The summed E-state index contributed by atoms with van der Waals surface area (Å²) >= 11 is 0. The van der Waals surface area contributed by atoms with Gasteiger partial charge in [-0.25, -0.2) is 0 Å². The Bertz CT molecular complexity index is 528. The quantitative estimate of drug-likeness (QED) is 0.786. The minimum absolute atomic E-state index is 0.322. The summed E-state index contributed by atoms with van der Waals surface area (Å²) in [6.07, 6.45) is 0.774. The Morgan fingerprint density at radius 1 is 1.00 bits per heavy atom. The van der Waals surface area contributed by atoms with E-state index in [4.69, 9.17) is 0 Å². The van der Waals surface area contributed by atoms with Crippen LogP contribution < -0.4 is 0 Å². The van der Waals surface area contributed by atoms with E-state index in [1.807, 2.05) is 25.1 Å². The highest BCUT2D eigenvalue weighted by Gasteiger charge is 2.38. The molecule has 0 aromatic heterocycles. The maximum Gasteiger partial charge on any atom is 0.0880 e. The average Bonchev–Trinajstić information content (AvgIpc) is 2.64. The summed E-state index contributed by atoms with van der Waals surface area (Å²) in [5.74, 6) is 0.322. The first-order valence-corrected chi connectivity index (χ1v) is 6.05. The maximum absolute atomic E-state index is 10.5. The van der Waals surface area contributed by atoms with E-state index in [0.717, 1.165) is 12.0 Å². The fourth-order valence-corrected chi connectivity index (χ4v) is 2.89. The number of fused-ring (bicyclic) bond motifs is 1. The first-order valence-electron chi connectivity index (χ1n) is 6.05. The zero-order valence-electron chi connectivity index (χ0n) is 9.93. The van der Waals surface area contributed by atoms with Gasteiger partial charge in [-0.3, -0.25) is 0 Å². The Morgan fingerprint density at radius 3 is 2.41 bits per heavy atom. The first-order chi connectivity index (χ1) is 8.18. The van der Waals surface area contributed by atoms with E-state index in [2.05, 4.69) is 36.4 Å². The van der Waals surface area contributed by atoms with Gasteiger partial charge in [-0.1, -0.05) is 54.6 Å². The van der Waals surface area contributed by atoms with Crippen LogP contribution >= 0.6 is 0 Å². The van der Waals surface area contributed by atoms with Gasteiger partial charge in [0.15, 0.2) is 0 Å². The van der Waals surface area contributed by atoms with Gasteiger partial charge in [-0.2, -0.15) is 0 Å². The van der Waals surface area contributed by atoms with Crippen LogP contribution in [0.4, 0.5) is 0 Å². The van der Waals surface area contributed by atoms with Crippen LogP contribution in [0, 0.1) is 0 Å². The Hall–Kier alpha value is -1.60. The van der Waals surface area contributed by atoms with E-state index in [1.54, 1.807) is 0 Å². The molecule has 0 bridgehead atoms. The molecule has 0 saturated heterocycles. The number of rotatable bonds is 1. The second-order valence-corrected chi connectivity index (χ2v) is 5.03. The highest BCUT2D eigenvalue weighted by molar-refractivity contribution is 5.45. The van der Waals surface area contributed by atoms with Gasteiger partial charge in [-0.05, 0) is 30.0 Å². The Balaban J connectivity index is 2.12. The summed E-state index contributed by atoms with van der Waals surface area (Å²) < 4.78 is 0. The van der Waals surface area contributed by atoms with E-state index in [1.165, 1.54) is 11.1 Å². The Kier molecular flexibility index (Phi) is 2.30. The molecular formula is C16H16O. The summed E-state index contributed by atoms with van der Waals surface area (Å²) in [7, 11) is 0. The van der Waals surface area contributed by atoms with Gasteiger partial charge >= 0.3 is 0 Å². The molecule has 1 aliphatic rings. The molecule has 1 N–H and O–H groups in total. The molecular weight excluding hydrogens is 208 g/mol. The molecule has 0 saturated carbocycles. The molecule has 1 heteroatoms. The van der Waals surface area contributed by atoms with Crippen molar-refractivity contribution in [2.45, 2.75) is 24.9 Å². The van der Waals surface area contributed by atoms with Crippen molar-refractivity contribution in [2.75, 3.05) is 0 Å². The van der Waals surface area contributed by atoms with E-state index >= 15 is 0 Å². The molecule has 0 amide bonds. The monoisotopic (exact) mass is 224 g/mol. The molecule has 0 spiro atoms. The SMILES string of the molecule is CC1(O)CC(c2ccccc2)c2ccccc21. The lowest BCUT2D eigenvalue weighted by atomic mass is 9.92. The van der Waals surface area contributed by atoms with Crippen LogP contribution in [0.15, 0.2) is 54.6 Å². The summed E-state index contributed by atoms with van der Waals surface area (Å²) in [6, 6.07) is 18.7. The molecule has 0 fully saturated rings. The second-order valence-electron chi connectivity index (χ2n) is 5.03. The Morgan fingerprint density at radius 2 is 1.65 bits per heavy atom. The van der Waals surface area contributed by atoms with Gasteiger partial charge in [0.2, 0.25) is 0 Å². The molecule has 0 heterocycles. The van der Waals surface area contributed by atoms with Crippen molar-refractivity contribution in [3.8, 4) is 0 Å². The van der Waals surface area contributed by atoms with Gasteiger partial charge in [-0.15, -0.1) is 0 Å². The van der Waals surface area contributed by atoms with Crippen LogP contribution in [0.1, 0.15) is 36.0 Å². The molecule has 2 aromatic rings. The number of aliphatic hydroxyl groups is 1. The summed E-state index contributed by atoms with van der Waals surface area (Å²) in [6.45, 7) is 1.91. The van der Waals surface area contributed by atoms with Gasteiger partial charge in [0.25, 0.3) is 0 Å². The first kappa shape index (κ1) is 10.5. The molecule has 1 aliphatic carbocycles. The molecule has 1 nitrogen and oxygen atoms in total. The van der Waals surface area contributed by atoms with Gasteiger partial charge in [0.1, 0.15) is 0 Å². The lowest BCUT2D eigenvalue weighted by Crippen LogP contribution is -2.16. The summed E-state index contributed by atoms with van der Waals surface area (Å²) in [5.41, 5.74) is 2.94. The normalized spacial score (nSPS) is 26.8. The number of hydrogen-bond donors (Lipinski definition) is 1. The smallest absolute Gasteiger partial charge is 0.0880 e.